The van der Waals surface area contributed by atoms with E-state index >= 15 is 0 Å². The first kappa shape index (κ1) is 27.1. The molecular weight excluding hydrogens is 538 g/mol. The van der Waals surface area contributed by atoms with Gasteiger partial charge in [0.05, 0.1) is 5.56 Å². The maximum Gasteiger partial charge on any atom is 0.336 e. The van der Waals surface area contributed by atoms with Crippen LogP contribution in [0.4, 0.5) is 0 Å². The van der Waals surface area contributed by atoms with Gasteiger partial charge in [0.25, 0.3) is 0 Å². The van der Waals surface area contributed by atoms with E-state index in [4.69, 9.17) is 9.83 Å². The number of aryl methyl sites for hydroxylation is 1. The van der Waals surface area contributed by atoms with Crippen LogP contribution in [0, 0.1) is 12.8 Å². The molecule has 0 spiro atoms. The molecule has 3 N–H and O–H groups in total. The number of ketones is 1. The first-order valence-electron chi connectivity index (χ1n) is 11.0. The average molecular weight is 559 g/mol. The molecule has 1 aliphatic heterocycles. The lowest BCUT2D eigenvalue weighted by atomic mass is 9.88. The van der Waals surface area contributed by atoms with Gasteiger partial charge < -0.3 is 18.6 Å². The van der Waals surface area contributed by atoms with Crippen molar-refractivity contribution in [1.82, 2.24) is 0 Å². The molecule has 0 aromatic heterocycles. The number of carboxylic acids is 1. The number of fused-ring (bicyclic) bond motifs is 2. The van der Waals surface area contributed by atoms with Crippen molar-refractivity contribution in [1.29, 1.82) is 0 Å². The van der Waals surface area contributed by atoms with Crippen molar-refractivity contribution >= 4 is 43.0 Å². The summed E-state index contributed by atoms with van der Waals surface area (Å²) in [7, 11) is -10.5. The number of aromatic carboxylic acids is 1. The zero-order valence-electron chi connectivity index (χ0n) is 20.1. The topological polar surface area (TPSA) is 208 Å². The molecule has 0 atom stereocenters. The second-order valence-corrected chi connectivity index (χ2v) is 11.6. The molecule has 0 saturated heterocycles. The third kappa shape index (κ3) is 4.49. The minimum atomic E-state index is -5.30. The normalized spacial score (nSPS) is 12.4. The fourth-order valence-corrected chi connectivity index (χ4v) is 5.94. The Morgan fingerprint density at radius 1 is 0.921 bits per heavy atom. The molecule has 11 nitrogen and oxygen atoms in total. The smallest absolute Gasteiger partial charge is 0.336 e. The van der Waals surface area contributed by atoms with E-state index in [2.05, 4.69) is 0 Å². The molecule has 0 amide bonds. The number of rotatable bonds is 6. The molecule has 2 aliphatic rings. The number of carboxylic acid groups (broad SMARTS) is 1. The fraction of sp³-hybridized carbons (Fsp3) is 0.160. The highest BCUT2D eigenvalue weighted by Gasteiger charge is 2.30. The maximum absolute atomic E-state index is 12.6. The third-order valence-electron chi connectivity index (χ3n) is 6.02. The molecule has 1 aliphatic carbocycles. The van der Waals surface area contributed by atoms with E-state index in [0.29, 0.717) is 0 Å². The van der Waals surface area contributed by atoms with Crippen LogP contribution in [-0.2, 0) is 20.2 Å². The van der Waals surface area contributed by atoms with E-state index in [9.17, 15) is 40.6 Å². The second kappa shape index (κ2) is 9.13. The molecule has 198 valence electrons. The van der Waals surface area contributed by atoms with Crippen LogP contribution in [0.5, 0.6) is 0 Å². The van der Waals surface area contributed by atoms with Gasteiger partial charge in [-0.05, 0) is 30.2 Å². The number of Topliss-reactive ketones (excluding diaryl/α,β-unsaturated/α-hetero) is 1. The summed E-state index contributed by atoms with van der Waals surface area (Å²) >= 11 is 0. The molecule has 38 heavy (non-hydrogen) atoms. The van der Waals surface area contributed by atoms with Gasteiger partial charge in [-0.3, -0.25) is 10.2 Å². The predicted octanol–water partition coefficient (Wildman–Crippen LogP) is 1.52. The van der Waals surface area contributed by atoms with Crippen LogP contribution in [0.15, 0.2) is 56.7 Å². The highest BCUT2D eigenvalue weighted by Crippen LogP contribution is 2.45. The van der Waals surface area contributed by atoms with Crippen LogP contribution in [0.2, 0.25) is 0 Å². The first-order valence-corrected chi connectivity index (χ1v) is 13.8. The number of benzene rings is 3. The highest BCUT2D eigenvalue weighted by molar-refractivity contribution is 7.86. The fourth-order valence-electron chi connectivity index (χ4n) is 4.37. The Morgan fingerprint density at radius 3 is 2.08 bits per heavy atom. The van der Waals surface area contributed by atoms with Gasteiger partial charge in [-0.1, -0.05) is 38.1 Å². The summed E-state index contributed by atoms with van der Waals surface area (Å²) in [6.07, 6.45) is 0. The number of hydrogen-bond donors (Lipinski definition) is 2. The van der Waals surface area contributed by atoms with E-state index in [0.717, 1.165) is 12.1 Å². The van der Waals surface area contributed by atoms with Gasteiger partial charge in [-0.2, -0.15) is 0 Å². The van der Waals surface area contributed by atoms with Gasteiger partial charge >= 0.3 is 5.97 Å². The van der Waals surface area contributed by atoms with Gasteiger partial charge in [-0.25, -0.2) is 21.6 Å². The van der Waals surface area contributed by atoms with Crippen molar-refractivity contribution in [3.8, 4) is 22.5 Å². The van der Waals surface area contributed by atoms with E-state index < -0.39 is 58.6 Å². The SMILES string of the molecule is Cc1ccc2c(-c3ccc(C(=O)C(C)C)cc3C(=O)O)c3ccc(=[NH2+])c(S(=O)(=O)[O-])c-3oc2c1S(=O)(=O)[O-]. The Hall–Kier alpha value is -3.91. The Morgan fingerprint density at radius 2 is 1.53 bits per heavy atom. The molecular formula is C25H20NO10S2-. The first-order chi connectivity index (χ1) is 17.5. The standard InChI is InChI=1S/C25H21NO10S2/c1-11(2)20(27)13-5-7-14(17(10-13)25(28)29)19-15-6-4-12(3)23(37(30,31)32)21(15)36-22-16(19)8-9-18(26)24(22)38(33,34)35/h4-11,26H,1-3H3,(H,28,29)(H,30,31,32)(H,33,34,35)/p-1. The molecule has 0 bridgehead atoms. The van der Waals surface area contributed by atoms with Gasteiger partial charge in [0.2, 0.25) is 5.36 Å². The lowest BCUT2D eigenvalue weighted by Crippen LogP contribution is -2.47. The van der Waals surface area contributed by atoms with Crippen LogP contribution < -0.4 is 10.8 Å². The Labute approximate surface area is 216 Å². The maximum atomic E-state index is 12.6. The van der Waals surface area contributed by atoms with Crippen LogP contribution in [-0.4, -0.2) is 42.8 Å². The average Bonchev–Trinajstić information content (AvgIpc) is 2.79. The van der Waals surface area contributed by atoms with E-state index in [1.807, 2.05) is 0 Å². The quantitative estimate of drug-likeness (QED) is 0.198. The lowest BCUT2D eigenvalue weighted by Gasteiger charge is -2.22. The molecule has 13 heteroatoms. The summed E-state index contributed by atoms with van der Waals surface area (Å²) in [4.78, 5) is 23.1. The summed E-state index contributed by atoms with van der Waals surface area (Å²) in [5.41, 5.74) is -1.09. The molecule has 0 fully saturated rings. The lowest BCUT2D eigenvalue weighted by molar-refractivity contribution is -0.176. The number of hydrogen-bond acceptors (Lipinski definition) is 9. The van der Waals surface area contributed by atoms with Gasteiger partial charge in [0.15, 0.2) is 22.0 Å². The molecule has 0 unspecified atom stereocenters. The number of carbonyl (C=O) groups excluding carboxylic acids is 1. The van der Waals surface area contributed by atoms with E-state index in [-0.39, 0.29) is 44.6 Å². The van der Waals surface area contributed by atoms with Gasteiger partial charge in [0, 0.05) is 34.1 Å². The zero-order chi connectivity index (χ0) is 28.3. The van der Waals surface area contributed by atoms with Crippen molar-refractivity contribution in [2.75, 3.05) is 0 Å². The van der Waals surface area contributed by atoms with Crippen molar-refractivity contribution in [3.63, 3.8) is 0 Å². The van der Waals surface area contributed by atoms with E-state index in [1.165, 1.54) is 37.3 Å². The molecule has 4 rings (SSSR count). The van der Waals surface area contributed by atoms with Gasteiger partial charge in [0.1, 0.15) is 25.1 Å². The predicted molar refractivity (Wildman–Crippen MR) is 130 cm³/mol. The third-order valence-corrected chi connectivity index (χ3v) is 7.95. The second-order valence-electron chi connectivity index (χ2n) is 8.92. The Balaban J connectivity index is 2.32. The summed E-state index contributed by atoms with van der Waals surface area (Å²) in [6, 6.07) is 8.88. The molecule has 2 aromatic carbocycles. The van der Waals surface area contributed by atoms with Crippen LogP contribution in [0.3, 0.4) is 0 Å². The highest BCUT2D eigenvalue weighted by atomic mass is 32.2. The van der Waals surface area contributed by atoms with Gasteiger partial charge in [-0.15, -0.1) is 0 Å². The van der Waals surface area contributed by atoms with Crippen LogP contribution in [0.1, 0.15) is 40.1 Å². The number of carbonyl (C=O) groups is 2. The van der Waals surface area contributed by atoms with Crippen molar-refractivity contribution < 1.29 is 50.5 Å². The Kier molecular flexibility index (Phi) is 6.52. The summed E-state index contributed by atoms with van der Waals surface area (Å²) < 4.78 is 78.7. The van der Waals surface area contributed by atoms with Crippen molar-refractivity contribution in [2.45, 2.75) is 30.6 Å². The number of nitrogens with two attached hydrogens (primary N) is 1. The molecule has 2 aromatic rings. The summed E-state index contributed by atoms with van der Waals surface area (Å²) in [5.74, 6) is -2.88. The minimum absolute atomic E-state index is 0.0340. The summed E-state index contributed by atoms with van der Waals surface area (Å²) in [5, 5.41) is 15.2. The monoisotopic (exact) mass is 558 g/mol. The minimum Gasteiger partial charge on any atom is -0.744 e. The molecule has 0 radical (unpaired) electrons. The largest absolute Gasteiger partial charge is 0.744 e. The van der Waals surface area contributed by atoms with Crippen molar-refractivity contribution in [2.24, 2.45) is 5.92 Å². The van der Waals surface area contributed by atoms with Crippen molar-refractivity contribution in [3.05, 3.63) is 64.5 Å². The van der Waals surface area contributed by atoms with E-state index in [1.54, 1.807) is 13.8 Å². The van der Waals surface area contributed by atoms with Crippen LogP contribution in [0.25, 0.3) is 33.4 Å². The zero-order valence-corrected chi connectivity index (χ0v) is 21.8. The summed E-state index contributed by atoms with van der Waals surface area (Å²) in [6.45, 7) is 4.58. The molecule has 0 saturated carbocycles. The molecule has 1 heterocycles. The van der Waals surface area contributed by atoms with Crippen LogP contribution >= 0.6 is 0 Å². The Bertz CT molecular complexity index is 1920.